The minimum absolute atomic E-state index is 0.00292. The first-order valence-electron chi connectivity index (χ1n) is 18.6. The first-order valence-corrected chi connectivity index (χ1v) is 22.0. The van der Waals surface area contributed by atoms with E-state index in [0.717, 1.165) is 12.1 Å². The Bertz CT molecular complexity index is 2220. The predicted octanol–water partition coefficient (Wildman–Crippen LogP) is 6.47. The second-order valence-corrected chi connectivity index (χ2v) is 18.6. The number of fused-ring (bicyclic) bond motifs is 3. The summed E-state index contributed by atoms with van der Waals surface area (Å²) in [6.07, 6.45) is 0.158. The molecular formula is C39H47ClF2N2O13P2. The van der Waals surface area contributed by atoms with E-state index >= 15 is 0 Å². The number of hydrogen-bond donors (Lipinski definition) is 6. The summed E-state index contributed by atoms with van der Waals surface area (Å²) in [6.45, 7) is 7.01. The summed E-state index contributed by atoms with van der Waals surface area (Å²) >= 11 is 5.75. The van der Waals surface area contributed by atoms with Crippen molar-refractivity contribution in [1.29, 1.82) is 0 Å². The molecule has 0 aliphatic heterocycles. The zero-order chi connectivity index (χ0) is 43.7. The fourth-order valence-electron chi connectivity index (χ4n) is 8.10. The van der Waals surface area contributed by atoms with E-state index in [2.05, 4.69) is 10.6 Å². The van der Waals surface area contributed by atoms with Gasteiger partial charge in [-0.1, -0.05) is 37.6 Å². The van der Waals surface area contributed by atoms with E-state index in [0.29, 0.717) is 24.0 Å². The maximum absolute atomic E-state index is 14.2. The van der Waals surface area contributed by atoms with Crippen LogP contribution in [0.1, 0.15) is 86.6 Å². The van der Waals surface area contributed by atoms with Crippen molar-refractivity contribution in [3.8, 4) is 17.2 Å². The van der Waals surface area contributed by atoms with E-state index in [1.54, 1.807) is 19.1 Å². The second kappa shape index (κ2) is 17.5. The van der Waals surface area contributed by atoms with Crippen LogP contribution < -0.4 is 24.4 Å². The molecule has 322 valence electrons. The maximum atomic E-state index is 14.2. The molecule has 0 aromatic heterocycles. The largest absolute Gasteiger partial charge is 0.524 e. The van der Waals surface area contributed by atoms with Crippen LogP contribution in [0.4, 0.5) is 8.78 Å². The lowest BCUT2D eigenvalue weighted by Gasteiger charge is -2.57. The van der Waals surface area contributed by atoms with E-state index in [4.69, 9.17) is 30.1 Å². The highest BCUT2D eigenvalue weighted by atomic mass is 35.5. The lowest BCUT2D eigenvalue weighted by Crippen LogP contribution is -2.71. The number of phosphoric ester groups is 2. The number of esters is 1. The molecule has 0 spiro atoms. The summed E-state index contributed by atoms with van der Waals surface area (Å²) in [5, 5.41) is 5.96. The Morgan fingerprint density at radius 1 is 0.864 bits per heavy atom. The molecule has 3 aliphatic carbocycles. The van der Waals surface area contributed by atoms with Crippen LogP contribution in [-0.4, -0.2) is 61.1 Å². The van der Waals surface area contributed by atoms with Crippen LogP contribution in [-0.2, 0) is 40.1 Å². The van der Waals surface area contributed by atoms with Crippen molar-refractivity contribution in [3.63, 3.8) is 0 Å². The minimum atomic E-state index is -5.18. The molecule has 2 amide bonds. The number of carbonyl (C=O) groups is 3. The molecule has 59 heavy (non-hydrogen) atoms. The summed E-state index contributed by atoms with van der Waals surface area (Å²) in [7, 11) is -10.3. The summed E-state index contributed by atoms with van der Waals surface area (Å²) in [6, 6.07) is 9.60. The van der Waals surface area contributed by atoms with Crippen LogP contribution in [0.5, 0.6) is 17.2 Å². The van der Waals surface area contributed by atoms with E-state index < -0.39 is 74.8 Å². The smallest absolute Gasteiger partial charge is 0.484 e. The Labute approximate surface area is 344 Å². The molecule has 0 unspecified atom stereocenters. The Morgan fingerprint density at radius 2 is 1.53 bits per heavy atom. The number of ether oxygens (including phenoxy) is 2. The predicted molar refractivity (Wildman–Crippen MR) is 210 cm³/mol. The quantitative estimate of drug-likeness (QED) is 0.0671. The van der Waals surface area contributed by atoms with Gasteiger partial charge in [0.15, 0.2) is 6.61 Å². The van der Waals surface area contributed by atoms with Gasteiger partial charge in [-0.3, -0.25) is 34.0 Å². The van der Waals surface area contributed by atoms with Crippen molar-refractivity contribution in [2.45, 2.75) is 109 Å². The Hall–Kier alpha value is -4.08. The summed E-state index contributed by atoms with van der Waals surface area (Å²) in [5.74, 6) is -3.40. The topological polar surface area (TPSA) is 227 Å². The number of rotatable bonds is 16. The molecule has 6 N–H and O–H groups in total. The lowest BCUT2D eigenvalue weighted by molar-refractivity contribution is -0.167. The van der Waals surface area contributed by atoms with Crippen molar-refractivity contribution < 1.29 is 70.4 Å². The van der Waals surface area contributed by atoms with Crippen molar-refractivity contribution in [1.82, 2.24) is 10.6 Å². The van der Waals surface area contributed by atoms with Gasteiger partial charge in [0.1, 0.15) is 35.0 Å². The van der Waals surface area contributed by atoms with Crippen LogP contribution in [0.2, 0.25) is 5.02 Å². The molecule has 3 aliphatic rings. The third-order valence-corrected chi connectivity index (χ3v) is 12.0. The van der Waals surface area contributed by atoms with E-state index in [1.807, 2.05) is 0 Å². The number of amides is 2. The highest BCUT2D eigenvalue weighted by molar-refractivity contribution is 7.47. The zero-order valence-electron chi connectivity index (χ0n) is 33.0. The Morgan fingerprint density at radius 3 is 2.14 bits per heavy atom. The van der Waals surface area contributed by atoms with Crippen molar-refractivity contribution >= 4 is 45.0 Å². The minimum Gasteiger partial charge on any atom is -0.484 e. The van der Waals surface area contributed by atoms with Gasteiger partial charge in [0, 0.05) is 35.4 Å². The van der Waals surface area contributed by atoms with Crippen LogP contribution in [0, 0.1) is 32.4 Å². The number of aryl methyl sites for hydroxylation is 3. The number of nitrogens with one attached hydrogen (secondary N) is 2. The van der Waals surface area contributed by atoms with Crippen LogP contribution in [0.15, 0.2) is 42.5 Å². The fraction of sp³-hybridized carbons (Fsp3) is 0.462. The van der Waals surface area contributed by atoms with Gasteiger partial charge in [0.05, 0.1) is 17.0 Å². The molecule has 3 saturated carbocycles. The molecule has 3 aromatic carbocycles. The van der Waals surface area contributed by atoms with E-state index in [1.165, 1.54) is 45.9 Å². The van der Waals surface area contributed by atoms with Gasteiger partial charge in [-0.05, 0) is 99.4 Å². The van der Waals surface area contributed by atoms with Crippen molar-refractivity contribution in [2.24, 2.45) is 0 Å². The average molecular weight is 887 g/mol. The monoisotopic (exact) mass is 886 g/mol. The van der Waals surface area contributed by atoms with Crippen molar-refractivity contribution in [3.05, 3.63) is 86.9 Å². The second-order valence-electron chi connectivity index (χ2n) is 15.9. The summed E-state index contributed by atoms with van der Waals surface area (Å²) in [5.41, 5.74) is -2.16. The fourth-order valence-corrected chi connectivity index (χ4v) is 9.14. The normalized spacial score (nSPS) is 20.4. The average Bonchev–Trinajstić information content (AvgIpc) is 3.10. The van der Waals surface area contributed by atoms with Gasteiger partial charge in [0.2, 0.25) is 5.91 Å². The summed E-state index contributed by atoms with van der Waals surface area (Å²) < 4.78 is 73.6. The number of halogens is 3. The highest BCUT2D eigenvalue weighted by Gasteiger charge is 2.57. The molecule has 3 aromatic rings. The highest BCUT2D eigenvalue weighted by Crippen LogP contribution is 2.52. The van der Waals surface area contributed by atoms with Crippen molar-refractivity contribution in [2.75, 3.05) is 6.61 Å². The molecule has 2 bridgehead atoms. The van der Waals surface area contributed by atoms with Gasteiger partial charge >= 0.3 is 21.6 Å². The van der Waals surface area contributed by atoms with Crippen LogP contribution >= 0.6 is 27.2 Å². The molecule has 0 saturated heterocycles. The van der Waals surface area contributed by atoms with Gasteiger partial charge in [-0.15, -0.1) is 0 Å². The number of hydrogen-bond acceptors (Lipinski definition) is 9. The van der Waals surface area contributed by atoms with E-state index in [9.17, 15) is 51.9 Å². The molecule has 3 fully saturated rings. The summed E-state index contributed by atoms with van der Waals surface area (Å²) in [4.78, 5) is 79.4. The van der Waals surface area contributed by atoms with Gasteiger partial charge in [-0.25, -0.2) is 17.9 Å². The van der Waals surface area contributed by atoms with Crippen LogP contribution in [0.25, 0.3) is 0 Å². The molecule has 15 nitrogen and oxygen atoms in total. The maximum Gasteiger partial charge on any atom is 0.524 e. The number of carbonyl (C=O) groups excluding carboxylic acids is 3. The third-order valence-electron chi connectivity index (χ3n) is 10.9. The molecule has 20 heteroatoms. The zero-order valence-corrected chi connectivity index (χ0v) is 35.5. The number of phosphoric acid groups is 2. The standard InChI is InChI=1S/C39H47ClF2N2O13P2/c1-22-6-7-25(17-28(22)41)8-11-32(45)44-39-14-12-38(13-15-39,43-33(46)21-54-26-9-10-27(40)29(42)18-26)19-31(39)55-34(47)20-37(4,5)35-24(3)36(57-59(51,52)53)23(2)16-30(35)56-58(48,49)50/h6-7,9-10,16-18,31H,8,11-15,19-21H2,1-5H3,(H,43,46)(H,44,45)(H2,48,49,50)(H2,51,52,53)/t31-,38?,39?/m0/s1. The molecule has 1 atom stereocenters. The first-order chi connectivity index (χ1) is 27.3. The molecule has 0 radical (unpaired) electrons. The van der Waals surface area contributed by atoms with Gasteiger partial charge in [0.25, 0.3) is 5.91 Å². The third kappa shape index (κ3) is 11.6. The Balaban J connectivity index is 1.39. The van der Waals surface area contributed by atoms with Gasteiger partial charge < -0.3 is 29.2 Å². The van der Waals surface area contributed by atoms with Gasteiger partial charge in [-0.2, -0.15) is 0 Å². The SMILES string of the molecule is Cc1ccc(CCC(=O)NC23CCC(NC(=O)COc4ccc(Cl)c(F)c4)(CC2)C[C@@H]3OC(=O)CC(C)(C)c2c(OP(=O)(O)O)cc(C)c(OP(=O)(O)O)c2C)cc1F. The molecular weight excluding hydrogens is 840 g/mol. The Kier molecular flexibility index (Phi) is 13.6. The molecule has 0 heterocycles. The molecule has 6 rings (SSSR count). The lowest BCUT2D eigenvalue weighted by atomic mass is 9.59. The first kappa shape index (κ1) is 46.0. The van der Waals surface area contributed by atoms with Crippen LogP contribution in [0.3, 0.4) is 0 Å². The number of benzene rings is 3. The van der Waals surface area contributed by atoms with E-state index in [-0.39, 0.29) is 77.0 Å².